The first kappa shape index (κ1) is 13.6. The van der Waals surface area contributed by atoms with E-state index in [0.29, 0.717) is 6.54 Å². The number of halogens is 1. The van der Waals surface area contributed by atoms with Crippen LogP contribution in [0.2, 0.25) is 0 Å². The minimum absolute atomic E-state index is 0.165. The van der Waals surface area contributed by atoms with Crippen LogP contribution in [-0.4, -0.2) is 20.9 Å². The van der Waals surface area contributed by atoms with Crippen LogP contribution in [0, 0.1) is 12.7 Å². The van der Waals surface area contributed by atoms with Crippen LogP contribution in [-0.2, 0) is 10.0 Å². The second kappa shape index (κ2) is 4.80. The summed E-state index contributed by atoms with van der Waals surface area (Å²) in [6, 6.07) is 1.93. The van der Waals surface area contributed by atoms with E-state index in [1.165, 1.54) is 6.92 Å². The van der Waals surface area contributed by atoms with E-state index < -0.39 is 21.7 Å². The predicted octanol–water partition coefficient (Wildman–Crippen LogP) is 0.531. The van der Waals surface area contributed by atoms with Crippen molar-refractivity contribution in [2.45, 2.75) is 18.7 Å². The highest BCUT2D eigenvalue weighted by Crippen LogP contribution is 2.18. The zero-order chi connectivity index (χ0) is 13.2. The lowest BCUT2D eigenvalue weighted by molar-refractivity contribution is 0.0951. The number of hydrogen-bond donors (Lipinski definition) is 2. The number of benzene rings is 1. The molecule has 1 amide bonds. The molecule has 0 aliphatic heterocycles. The van der Waals surface area contributed by atoms with Crippen molar-refractivity contribution >= 4 is 15.9 Å². The van der Waals surface area contributed by atoms with E-state index >= 15 is 0 Å². The van der Waals surface area contributed by atoms with Gasteiger partial charge in [-0.15, -0.1) is 0 Å². The molecular formula is C10H13FN2O3S. The lowest BCUT2D eigenvalue weighted by Crippen LogP contribution is -2.25. The minimum Gasteiger partial charge on any atom is -0.352 e. The minimum atomic E-state index is -3.97. The highest BCUT2D eigenvalue weighted by Gasteiger charge is 2.19. The third kappa shape index (κ3) is 3.01. The molecule has 0 fully saturated rings. The van der Waals surface area contributed by atoms with E-state index in [1.807, 2.05) is 0 Å². The summed E-state index contributed by atoms with van der Waals surface area (Å²) in [6.45, 7) is 3.39. The summed E-state index contributed by atoms with van der Waals surface area (Å²) in [5.41, 5.74) is -0.167. The summed E-state index contributed by atoms with van der Waals surface area (Å²) < 4.78 is 35.9. The standard InChI is InChI=1S/C10H13FN2O3S/c1-3-13-10(14)7-5-9(17(12,15)16)6(2)4-8(7)11/h4-5H,3H2,1-2H3,(H,13,14)(H2,12,15,16). The number of carbonyl (C=O) groups is 1. The van der Waals surface area contributed by atoms with Gasteiger partial charge in [0.2, 0.25) is 10.0 Å². The molecule has 1 rings (SSSR count). The molecule has 0 heterocycles. The van der Waals surface area contributed by atoms with E-state index in [4.69, 9.17) is 5.14 Å². The number of nitrogens with one attached hydrogen (secondary N) is 1. The first-order valence-electron chi connectivity index (χ1n) is 4.88. The topological polar surface area (TPSA) is 89.3 Å². The number of primary sulfonamides is 1. The highest BCUT2D eigenvalue weighted by molar-refractivity contribution is 7.89. The molecule has 0 aliphatic rings. The van der Waals surface area contributed by atoms with Crippen LogP contribution in [0.5, 0.6) is 0 Å². The maximum atomic E-state index is 13.5. The highest BCUT2D eigenvalue weighted by atomic mass is 32.2. The number of rotatable bonds is 3. The van der Waals surface area contributed by atoms with Crippen LogP contribution in [0.15, 0.2) is 17.0 Å². The second-order valence-corrected chi connectivity index (χ2v) is 5.03. The zero-order valence-corrected chi connectivity index (χ0v) is 10.3. The molecular weight excluding hydrogens is 247 g/mol. The maximum absolute atomic E-state index is 13.5. The maximum Gasteiger partial charge on any atom is 0.254 e. The summed E-state index contributed by atoms with van der Waals surface area (Å²) >= 11 is 0. The Morgan fingerprint density at radius 3 is 2.53 bits per heavy atom. The number of carbonyl (C=O) groups excluding carboxylic acids is 1. The van der Waals surface area contributed by atoms with Crippen LogP contribution in [0.25, 0.3) is 0 Å². The zero-order valence-electron chi connectivity index (χ0n) is 9.45. The predicted molar refractivity (Wildman–Crippen MR) is 60.5 cm³/mol. The van der Waals surface area contributed by atoms with E-state index in [9.17, 15) is 17.6 Å². The normalized spacial score (nSPS) is 11.3. The molecule has 0 aliphatic carbocycles. The molecule has 0 bridgehead atoms. The molecule has 0 spiro atoms. The molecule has 0 radical (unpaired) electrons. The Morgan fingerprint density at radius 2 is 2.06 bits per heavy atom. The van der Waals surface area contributed by atoms with Crippen molar-refractivity contribution in [3.8, 4) is 0 Å². The van der Waals surface area contributed by atoms with Gasteiger partial charge in [-0.05, 0) is 31.5 Å². The number of nitrogens with two attached hydrogens (primary N) is 1. The molecule has 1 aromatic rings. The van der Waals surface area contributed by atoms with Gasteiger partial charge in [0.05, 0.1) is 10.5 Å². The summed E-state index contributed by atoms with van der Waals surface area (Å²) in [4.78, 5) is 11.2. The molecule has 1 aromatic carbocycles. The van der Waals surface area contributed by atoms with Gasteiger partial charge in [-0.25, -0.2) is 17.9 Å². The molecule has 0 unspecified atom stereocenters. The average molecular weight is 260 g/mol. The average Bonchev–Trinajstić information content (AvgIpc) is 2.15. The van der Waals surface area contributed by atoms with Crippen molar-refractivity contribution in [1.29, 1.82) is 0 Å². The van der Waals surface area contributed by atoms with Gasteiger partial charge < -0.3 is 5.32 Å². The van der Waals surface area contributed by atoms with Gasteiger partial charge in [-0.1, -0.05) is 0 Å². The smallest absolute Gasteiger partial charge is 0.254 e. The van der Waals surface area contributed by atoms with Crippen molar-refractivity contribution in [2.24, 2.45) is 5.14 Å². The largest absolute Gasteiger partial charge is 0.352 e. The number of sulfonamides is 1. The van der Waals surface area contributed by atoms with E-state index in [2.05, 4.69) is 5.32 Å². The third-order valence-electron chi connectivity index (χ3n) is 2.15. The van der Waals surface area contributed by atoms with Crippen LogP contribution < -0.4 is 10.5 Å². The van der Waals surface area contributed by atoms with E-state index in [-0.39, 0.29) is 16.0 Å². The summed E-state index contributed by atoms with van der Waals surface area (Å²) in [5.74, 6) is -1.45. The summed E-state index contributed by atoms with van der Waals surface area (Å²) in [5, 5.41) is 7.35. The lowest BCUT2D eigenvalue weighted by Gasteiger charge is -2.08. The fourth-order valence-corrected chi connectivity index (χ4v) is 2.18. The SMILES string of the molecule is CCNC(=O)c1cc(S(N)(=O)=O)c(C)cc1F. The van der Waals surface area contributed by atoms with Gasteiger partial charge in [0.1, 0.15) is 5.82 Å². The third-order valence-corrected chi connectivity index (χ3v) is 3.21. The first-order chi connectivity index (χ1) is 7.77. The Morgan fingerprint density at radius 1 is 1.47 bits per heavy atom. The fourth-order valence-electron chi connectivity index (χ4n) is 1.39. The van der Waals surface area contributed by atoms with Gasteiger partial charge in [-0.2, -0.15) is 0 Å². The number of aryl methyl sites for hydroxylation is 1. The summed E-state index contributed by atoms with van der Waals surface area (Å²) in [7, 11) is -3.97. The molecule has 94 valence electrons. The van der Waals surface area contributed by atoms with Crippen LogP contribution in [0.1, 0.15) is 22.8 Å². The van der Waals surface area contributed by atoms with Crippen molar-refractivity contribution in [3.05, 3.63) is 29.1 Å². The Bertz CT molecular complexity index is 555. The van der Waals surface area contributed by atoms with Crippen molar-refractivity contribution in [1.82, 2.24) is 5.32 Å². The van der Waals surface area contributed by atoms with Gasteiger partial charge in [0, 0.05) is 6.54 Å². The molecule has 0 saturated heterocycles. The quantitative estimate of drug-likeness (QED) is 0.830. The molecule has 0 atom stereocenters. The second-order valence-electron chi connectivity index (χ2n) is 3.50. The number of hydrogen-bond acceptors (Lipinski definition) is 3. The summed E-state index contributed by atoms with van der Waals surface area (Å²) in [6.07, 6.45) is 0. The Balaban J connectivity index is 3.39. The molecule has 3 N–H and O–H groups in total. The first-order valence-corrected chi connectivity index (χ1v) is 6.43. The van der Waals surface area contributed by atoms with Crippen molar-refractivity contribution in [3.63, 3.8) is 0 Å². The van der Waals surface area contributed by atoms with E-state index in [0.717, 1.165) is 12.1 Å². The van der Waals surface area contributed by atoms with Gasteiger partial charge in [0.25, 0.3) is 5.91 Å². The van der Waals surface area contributed by atoms with Gasteiger partial charge in [0.15, 0.2) is 0 Å². The molecule has 0 saturated carbocycles. The number of amides is 1. The lowest BCUT2D eigenvalue weighted by atomic mass is 10.1. The molecule has 7 heteroatoms. The van der Waals surface area contributed by atoms with E-state index in [1.54, 1.807) is 6.92 Å². The molecule has 5 nitrogen and oxygen atoms in total. The fraction of sp³-hybridized carbons (Fsp3) is 0.300. The Labute approximate surface area is 98.9 Å². The Hall–Kier alpha value is -1.47. The van der Waals surface area contributed by atoms with Crippen molar-refractivity contribution < 1.29 is 17.6 Å². The van der Waals surface area contributed by atoms with Crippen molar-refractivity contribution in [2.75, 3.05) is 6.54 Å². The monoisotopic (exact) mass is 260 g/mol. The molecule has 0 aromatic heterocycles. The van der Waals surface area contributed by atoms with Crippen LogP contribution in [0.4, 0.5) is 4.39 Å². The van der Waals surface area contributed by atoms with Crippen LogP contribution in [0.3, 0.4) is 0 Å². The van der Waals surface area contributed by atoms with Gasteiger partial charge in [-0.3, -0.25) is 4.79 Å². The van der Waals surface area contributed by atoms with Crippen LogP contribution >= 0.6 is 0 Å². The molecule has 17 heavy (non-hydrogen) atoms. The Kier molecular flexibility index (Phi) is 3.84. The van der Waals surface area contributed by atoms with Gasteiger partial charge >= 0.3 is 0 Å².